The van der Waals surface area contributed by atoms with Crippen molar-refractivity contribution in [3.05, 3.63) is 102 Å². The molecule has 5 rings (SSSR count). The smallest absolute Gasteiger partial charge is 0.252 e. The highest BCUT2D eigenvalue weighted by molar-refractivity contribution is 7.84. The van der Waals surface area contributed by atoms with Gasteiger partial charge >= 0.3 is 0 Å². The van der Waals surface area contributed by atoms with Crippen LogP contribution in [0.5, 0.6) is 0 Å². The molecule has 5 heteroatoms. The van der Waals surface area contributed by atoms with Gasteiger partial charge in [-0.25, -0.2) is 4.98 Å². The summed E-state index contributed by atoms with van der Waals surface area (Å²) in [4.78, 5) is 19.0. The molecule has 2 unspecified atom stereocenters. The van der Waals surface area contributed by atoms with Gasteiger partial charge in [0.05, 0.1) is 22.8 Å². The highest BCUT2D eigenvalue weighted by Gasteiger charge is 2.34. The molecule has 2 atom stereocenters. The van der Waals surface area contributed by atoms with E-state index in [1.807, 2.05) is 72.8 Å². The second kappa shape index (κ2) is 9.90. The highest BCUT2D eigenvalue weighted by atomic mass is 32.2. The van der Waals surface area contributed by atoms with Gasteiger partial charge in [0.1, 0.15) is 0 Å². The van der Waals surface area contributed by atoms with Gasteiger partial charge in [-0.05, 0) is 42.4 Å². The van der Waals surface area contributed by atoms with Gasteiger partial charge in [0.2, 0.25) is 0 Å². The van der Waals surface area contributed by atoms with Gasteiger partial charge < -0.3 is 5.32 Å². The molecule has 1 aliphatic carbocycles. The Labute approximate surface area is 202 Å². The van der Waals surface area contributed by atoms with Crippen LogP contribution in [0.3, 0.4) is 0 Å². The quantitative estimate of drug-likeness (QED) is 0.361. The van der Waals surface area contributed by atoms with E-state index in [0.717, 1.165) is 46.1 Å². The predicted molar refractivity (Wildman–Crippen MR) is 139 cm³/mol. The largest absolute Gasteiger partial charge is 0.345 e. The number of benzene rings is 3. The molecule has 3 aromatic carbocycles. The number of para-hydroxylation sites is 1. The number of nitrogens with one attached hydrogen (secondary N) is 1. The second-order valence-electron chi connectivity index (χ2n) is 8.92. The molecular weight excluding hydrogens is 440 g/mol. The fourth-order valence-electron chi connectivity index (χ4n) is 4.61. The summed E-state index contributed by atoms with van der Waals surface area (Å²) in [5, 5.41) is 4.20. The van der Waals surface area contributed by atoms with E-state index in [0.29, 0.717) is 23.7 Å². The number of hydrogen-bond donors (Lipinski definition) is 1. The maximum absolute atomic E-state index is 14.0. The van der Waals surface area contributed by atoms with E-state index in [9.17, 15) is 9.00 Å². The highest BCUT2D eigenvalue weighted by Crippen LogP contribution is 2.41. The Morgan fingerprint density at radius 2 is 1.62 bits per heavy atom. The zero-order valence-electron chi connectivity index (χ0n) is 19.2. The van der Waals surface area contributed by atoms with Crippen molar-refractivity contribution in [1.82, 2.24) is 10.3 Å². The first-order chi connectivity index (χ1) is 16.6. The summed E-state index contributed by atoms with van der Waals surface area (Å²) in [6, 6.07) is 28.0. The fraction of sp³-hybridized carbons (Fsp3) is 0.241. The second-order valence-corrected chi connectivity index (χ2v) is 10.5. The lowest BCUT2D eigenvalue weighted by Crippen LogP contribution is -2.31. The Kier molecular flexibility index (Phi) is 6.54. The van der Waals surface area contributed by atoms with Crippen LogP contribution in [0, 0.1) is 5.92 Å². The average Bonchev–Trinajstić information content (AvgIpc) is 3.71. The van der Waals surface area contributed by atoms with Crippen LogP contribution < -0.4 is 5.32 Å². The molecule has 0 radical (unpaired) electrons. The van der Waals surface area contributed by atoms with Crippen LogP contribution in [0.4, 0.5) is 0 Å². The number of carbonyl (C=O) groups excluding carboxylic acids is 1. The summed E-state index contributed by atoms with van der Waals surface area (Å²) < 4.78 is 12.1. The number of pyridine rings is 1. The number of aromatic nitrogens is 1. The third-order valence-corrected chi connectivity index (χ3v) is 7.22. The van der Waals surface area contributed by atoms with Gasteiger partial charge in [-0.15, -0.1) is 0 Å². The minimum Gasteiger partial charge on any atom is -0.345 e. The van der Waals surface area contributed by atoms with Gasteiger partial charge in [0, 0.05) is 33.8 Å². The molecule has 1 aromatic heterocycles. The van der Waals surface area contributed by atoms with Gasteiger partial charge in [-0.2, -0.15) is 0 Å². The zero-order valence-corrected chi connectivity index (χ0v) is 20.1. The van der Waals surface area contributed by atoms with Crippen molar-refractivity contribution in [1.29, 1.82) is 0 Å². The van der Waals surface area contributed by atoms with Crippen LogP contribution in [0.2, 0.25) is 0 Å². The Morgan fingerprint density at radius 1 is 0.971 bits per heavy atom. The predicted octanol–water partition coefficient (Wildman–Crippen LogP) is 5.70. The summed E-state index contributed by atoms with van der Waals surface area (Å²) in [7, 11) is -0.983. The molecule has 4 aromatic rings. The molecule has 0 saturated heterocycles. The molecular formula is C29H28N2O2S. The zero-order chi connectivity index (χ0) is 23.5. The lowest BCUT2D eigenvalue weighted by molar-refractivity contribution is 0.0932. The Balaban J connectivity index is 1.65. The lowest BCUT2D eigenvalue weighted by atomic mass is 9.93. The van der Waals surface area contributed by atoms with Crippen LogP contribution in [0.1, 0.15) is 40.4 Å². The van der Waals surface area contributed by atoms with Gasteiger partial charge in [-0.1, -0.05) is 78.9 Å². The minimum absolute atomic E-state index is 0.0195. The number of hydrogen-bond acceptors (Lipinski definition) is 3. The Hall–Kier alpha value is -3.31. The fourth-order valence-corrected chi connectivity index (χ4v) is 5.10. The molecule has 1 N–H and O–H groups in total. The molecule has 0 aliphatic heterocycles. The first kappa shape index (κ1) is 22.5. The number of carbonyl (C=O) groups is 1. The van der Waals surface area contributed by atoms with Crippen LogP contribution in [-0.4, -0.2) is 27.1 Å². The first-order valence-corrected chi connectivity index (χ1v) is 13.5. The molecule has 172 valence electrons. The van der Waals surface area contributed by atoms with Crippen LogP contribution >= 0.6 is 0 Å². The number of nitrogens with zero attached hydrogens (tertiary/aromatic N) is 1. The normalized spacial score (nSPS) is 15.1. The first-order valence-electron chi connectivity index (χ1n) is 11.7. The monoisotopic (exact) mass is 468 g/mol. The summed E-state index contributed by atoms with van der Waals surface area (Å²) in [6.45, 7) is 0. The number of amides is 1. The molecule has 0 spiro atoms. The van der Waals surface area contributed by atoms with Crippen molar-refractivity contribution in [3.63, 3.8) is 0 Å². The van der Waals surface area contributed by atoms with E-state index in [2.05, 4.69) is 17.4 Å². The van der Waals surface area contributed by atoms with Gasteiger partial charge in [0.15, 0.2) is 0 Å². The molecule has 34 heavy (non-hydrogen) atoms. The van der Waals surface area contributed by atoms with Crippen molar-refractivity contribution in [2.24, 2.45) is 5.92 Å². The molecule has 0 bridgehead atoms. The van der Waals surface area contributed by atoms with E-state index in [1.54, 1.807) is 6.26 Å². The SMILES string of the molecule is CS(=O)CCc1c(-c2ccccc2)nc2ccccc2c1C(=O)NC(c1ccccc1)C1CC1. The lowest BCUT2D eigenvalue weighted by Gasteiger charge is -2.22. The maximum atomic E-state index is 14.0. The summed E-state index contributed by atoms with van der Waals surface area (Å²) >= 11 is 0. The number of rotatable bonds is 8. The summed E-state index contributed by atoms with van der Waals surface area (Å²) in [5.41, 5.74) is 5.18. The van der Waals surface area contributed by atoms with Crippen molar-refractivity contribution in [2.45, 2.75) is 25.3 Å². The molecule has 1 aliphatic rings. The molecule has 1 fully saturated rings. The summed E-state index contributed by atoms with van der Waals surface area (Å²) in [6.07, 6.45) is 4.46. The van der Waals surface area contributed by atoms with Crippen LogP contribution in [-0.2, 0) is 17.2 Å². The van der Waals surface area contributed by atoms with Crippen molar-refractivity contribution in [2.75, 3.05) is 12.0 Å². The Morgan fingerprint density at radius 3 is 2.29 bits per heavy atom. The molecule has 4 nitrogen and oxygen atoms in total. The molecule has 1 heterocycles. The van der Waals surface area contributed by atoms with Crippen molar-refractivity contribution < 1.29 is 9.00 Å². The van der Waals surface area contributed by atoms with E-state index < -0.39 is 10.8 Å². The van der Waals surface area contributed by atoms with E-state index in [-0.39, 0.29) is 11.9 Å². The van der Waals surface area contributed by atoms with Gasteiger partial charge in [-0.3, -0.25) is 9.00 Å². The minimum atomic E-state index is -0.983. The maximum Gasteiger partial charge on any atom is 0.252 e. The third-order valence-electron chi connectivity index (χ3n) is 6.45. The number of fused-ring (bicyclic) bond motifs is 1. The van der Waals surface area contributed by atoms with Gasteiger partial charge in [0.25, 0.3) is 5.91 Å². The third kappa shape index (κ3) is 4.80. The molecule has 1 amide bonds. The Bertz CT molecular complexity index is 1330. The molecule has 1 saturated carbocycles. The van der Waals surface area contributed by atoms with Crippen LogP contribution in [0.25, 0.3) is 22.2 Å². The summed E-state index contributed by atoms with van der Waals surface area (Å²) in [5.74, 6) is 0.846. The van der Waals surface area contributed by atoms with Crippen molar-refractivity contribution >= 4 is 27.6 Å². The van der Waals surface area contributed by atoms with E-state index in [4.69, 9.17) is 4.98 Å². The average molecular weight is 469 g/mol. The van der Waals surface area contributed by atoms with E-state index in [1.165, 1.54) is 0 Å². The van der Waals surface area contributed by atoms with Crippen molar-refractivity contribution in [3.8, 4) is 11.3 Å². The standard InChI is InChI=1S/C29H28N2O2S/c1-34(33)19-18-24-26(29(32)31-27(22-16-17-22)20-10-4-2-5-11-20)23-14-8-9-15-25(23)30-28(24)21-12-6-3-7-13-21/h2-15,22,27H,16-19H2,1H3,(H,31,32). The van der Waals surface area contributed by atoms with Crippen LogP contribution in [0.15, 0.2) is 84.9 Å². The van der Waals surface area contributed by atoms with E-state index >= 15 is 0 Å². The topological polar surface area (TPSA) is 59.1 Å².